The molecule has 0 saturated carbocycles. The van der Waals surface area contributed by atoms with Crippen molar-refractivity contribution < 1.29 is 29.0 Å². The summed E-state index contributed by atoms with van der Waals surface area (Å²) in [6.07, 6.45) is 2.46. The van der Waals surface area contributed by atoms with Gasteiger partial charge < -0.3 is 24.8 Å². The Morgan fingerprint density at radius 2 is 2.00 bits per heavy atom. The highest BCUT2D eigenvalue weighted by molar-refractivity contribution is 6.02. The number of benzene rings is 1. The molecule has 0 spiro atoms. The summed E-state index contributed by atoms with van der Waals surface area (Å²) in [4.78, 5) is 40.8. The Morgan fingerprint density at radius 1 is 1.25 bits per heavy atom. The number of likely N-dealkylation sites (tertiary alicyclic amines) is 1. The van der Waals surface area contributed by atoms with E-state index in [4.69, 9.17) is 9.84 Å². The number of fused-ring (bicyclic) bond motifs is 1. The van der Waals surface area contributed by atoms with Crippen LogP contribution >= 0.6 is 0 Å². The summed E-state index contributed by atoms with van der Waals surface area (Å²) in [6.45, 7) is 0.533. The Labute approximate surface area is 161 Å². The minimum absolute atomic E-state index is 0.244. The molecule has 1 aromatic carbocycles. The van der Waals surface area contributed by atoms with Crippen molar-refractivity contribution in [1.82, 2.24) is 9.88 Å². The molecule has 0 atom stereocenters. The number of carboxylic acids is 1. The van der Waals surface area contributed by atoms with E-state index in [1.54, 1.807) is 35.4 Å². The van der Waals surface area contributed by atoms with E-state index in [-0.39, 0.29) is 12.6 Å². The van der Waals surface area contributed by atoms with Crippen LogP contribution in [0.4, 0.5) is 10.5 Å². The molecule has 9 heteroatoms. The maximum atomic E-state index is 12.6. The van der Waals surface area contributed by atoms with Gasteiger partial charge in [0.05, 0.1) is 18.7 Å². The zero-order valence-electron chi connectivity index (χ0n) is 15.4. The fraction of sp³-hybridized carbons (Fsp3) is 0.368. The molecule has 9 nitrogen and oxygen atoms in total. The number of nitrogens with zero attached hydrogens (tertiary/aromatic N) is 2. The normalized spacial score (nSPS) is 14.5. The monoisotopic (exact) mass is 387 g/mol. The van der Waals surface area contributed by atoms with Crippen LogP contribution in [0.3, 0.4) is 0 Å². The molecule has 1 saturated heterocycles. The zero-order chi connectivity index (χ0) is 20.1. The van der Waals surface area contributed by atoms with Gasteiger partial charge in [0.25, 0.3) is 0 Å². The quantitative estimate of drug-likeness (QED) is 0.754. The van der Waals surface area contributed by atoms with Gasteiger partial charge in [0.2, 0.25) is 0 Å². The van der Waals surface area contributed by atoms with Gasteiger partial charge in [-0.05, 0) is 37.1 Å². The highest BCUT2D eigenvalue weighted by atomic mass is 16.6. The molecule has 2 aromatic rings. The third-order valence-corrected chi connectivity index (χ3v) is 4.68. The molecule has 1 aliphatic heterocycles. The van der Waals surface area contributed by atoms with Gasteiger partial charge in [0, 0.05) is 24.7 Å². The van der Waals surface area contributed by atoms with Crippen molar-refractivity contribution in [3.8, 4) is 5.75 Å². The second-order valence-electron chi connectivity index (χ2n) is 6.41. The average molecular weight is 387 g/mol. The lowest BCUT2D eigenvalue weighted by Gasteiger charge is -2.30. The molecular weight excluding hydrogens is 366 g/mol. The number of urea groups is 1. The van der Waals surface area contributed by atoms with Gasteiger partial charge in [-0.3, -0.25) is 9.78 Å². The van der Waals surface area contributed by atoms with Crippen LogP contribution in [0.15, 0.2) is 30.5 Å². The Hall–Kier alpha value is -3.36. The number of pyridine rings is 1. The minimum atomic E-state index is -0.820. The molecule has 2 N–H and O–H groups in total. The van der Waals surface area contributed by atoms with Crippen molar-refractivity contribution in [3.05, 3.63) is 30.5 Å². The van der Waals surface area contributed by atoms with E-state index in [0.29, 0.717) is 48.3 Å². The zero-order valence-corrected chi connectivity index (χ0v) is 15.4. The number of methoxy groups -OCH3 is 1. The Bertz CT molecular complexity index is 892. The van der Waals surface area contributed by atoms with Crippen LogP contribution in [0, 0.1) is 5.92 Å². The van der Waals surface area contributed by atoms with Gasteiger partial charge in [-0.15, -0.1) is 0 Å². The molecule has 1 fully saturated rings. The number of aromatic nitrogens is 1. The SMILES string of the molecule is COC(=O)COc1ccc(NC(=O)N2CCC(C(=O)O)CC2)c2cccnc12. The largest absolute Gasteiger partial charge is 0.481 e. The molecule has 2 heterocycles. The highest BCUT2D eigenvalue weighted by Crippen LogP contribution is 2.30. The molecule has 28 heavy (non-hydrogen) atoms. The molecule has 148 valence electrons. The van der Waals surface area contributed by atoms with Gasteiger partial charge >= 0.3 is 18.0 Å². The summed E-state index contributed by atoms with van der Waals surface area (Å²) in [5.41, 5.74) is 1.06. The van der Waals surface area contributed by atoms with Crippen molar-refractivity contribution in [2.24, 2.45) is 5.92 Å². The number of carbonyl (C=O) groups is 3. The topological polar surface area (TPSA) is 118 Å². The fourth-order valence-electron chi connectivity index (χ4n) is 3.09. The van der Waals surface area contributed by atoms with Gasteiger partial charge in [-0.2, -0.15) is 0 Å². The maximum absolute atomic E-state index is 12.6. The van der Waals surface area contributed by atoms with Gasteiger partial charge in [-0.1, -0.05) is 0 Å². The number of esters is 1. The first kappa shape index (κ1) is 19.4. The molecule has 2 amide bonds. The van der Waals surface area contributed by atoms with Gasteiger partial charge in [0.1, 0.15) is 11.3 Å². The van der Waals surface area contributed by atoms with Crippen molar-refractivity contribution in [3.63, 3.8) is 0 Å². The molecule has 0 bridgehead atoms. The third kappa shape index (κ3) is 4.30. The Kier molecular flexibility index (Phi) is 5.93. The Morgan fingerprint density at radius 3 is 2.68 bits per heavy atom. The van der Waals surface area contributed by atoms with Gasteiger partial charge in [0.15, 0.2) is 6.61 Å². The van der Waals surface area contributed by atoms with E-state index in [0.717, 1.165) is 0 Å². The molecule has 1 aliphatic rings. The number of anilines is 1. The summed E-state index contributed by atoms with van der Waals surface area (Å²) in [5.74, 6) is -1.33. The number of amides is 2. The van der Waals surface area contributed by atoms with E-state index in [2.05, 4.69) is 15.0 Å². The smallest absolute Gasteiger partial charge is 0.343 e. The van der Waals surface area contributed by atoms with Crippen LogP contribution in [-0.4, -0.2) is 59.8 Å². The van der Waals surface area contributed by atoms with E-state index >= 15 is 0 Å². The third-order valence-electron chi connectivity index (χ3n) is 4.68. The van der Waals surface area contributed by atoms with Crippen LogP contribution in [0.2, 0.25) is 0 Å². The Balaban J connectivity index is 1.74. The van der Waals surface area contributed by atoms with Crippen molar-refractivity contribution >= 4 is 34.6 Å². The molecule has 1 aromatic heterocycles. The summed E-state index contributed by atoms with van der Waals surface area (Å²) < 4.78 is 10.0. The predicted octanol–water partition coefficient (Wildman–Crippen LogP) is 2.12. The summed E-state index contributed by atoms with van der Waals surface area (Å²) in [7, 11) is 1.28. The summed E-state index contributed by atoms with van der Waals surface area (Å²) in [6, 6.07) is 6.54. The standard InChI is InChI=1S/C19H21N3O6/c1-27-16(23)11-28-15-5-4-14(13-3-2-8-20-17(13)15)21-19(26)22-9-6-12(7-10-22)18(24)25/h2-5,8,12H,6-7,9-11H2,1H3,(H,21,26)(H,24,25). The molecular formula is C19H21N3O6. The lowest BCUT2D eigenvalue weighted by Crippen LogP contribution is -2.42. The average Bonchev–Trinajstić information content (AvgIpc) is 2.72. The van der Waals surface area contributed by atoms with Crippen molar-refractivity contribution in [2.75, 3.05) is 32.1 Å². The minimum Gasteiger partial charge on any atom is -0.481 e. The van der Waals surface area contributed by atoms with E-state index in [1.165, 1.54) is 7.11 Å². The highest BCUT2D eigenvalue weighted by Gasteiger charge is 2.27. The molecule has 0 radical (unpaired) electrons. The maximum Gasteiger partial charge on any atom is 0.343 e. The second-order valence-corrected chi connectivity index (χ2v) is 6.41. The number of piperidine rings is 1. The first-order chi connectivity index (χ1) is 13.5. The van der Waals surface area contributed by atoms with Crippen molar-refractivity contribution in [2.45, 2.75) is 12.8 Å². The van der Waals surface area contributed by atoms with Crippen LogP contribution < -0.4 is 10.1 Å². The number of rotatable bonds is 5. The summed E-state index contributed by atoms with van der Waals surface area (Å²) >= 11 is 0. The lowest BCUT2D eigenvalue weighted by atomic mass is 9.97. The van der Waals surface area contributed by atoms with Crippen LogP contribution in [0.25, 0.3) is 10.9 Å². The van der Waals surface area contributed by atoms with Crippen LogP contribution in [0.5, 0.6) is 5.75 Å². The van der Waals surface area contributed by atoms with E-state index in [9.17, 15) is 14.4 Å². The number of nitrogens with one attached hydrogen (secondary N) is 1. The number of aliphatic carboxylic acids is 1. The fourth-order valence-corrected chi connectivity index (χ4v) is 3.09. The van der Waals surface area contributed by atoms with E-state index < -0.39 is 17.9 Å². The van der Waals surface area contributed by atoms with Crippen LogP contribution in [0.1, 0.15) is 12.8 Å². The summed E-state index contributed by atoms with van der Waals surface area (Å²) in [5, 5.41) is 12.6. The number of hydrogen-bond acceptors (Lipinski definition) is 6. The number of carbonyl (C=O) groups excluding carboxylic acids is 2. The molecule has 0 aliphatic carbocycles. The number of carboxylic acid groups (broad SMARTS) is 1. The van der Waals surface area contributed by atoms with Crippen molar-refractivity contribution in [1.29, 1.82) is 0 Å². The second kappa shape index (κ2) is 8.55. The predicted molar refractivity (Wildman–Crippen MR) is 100 cm³/mol. The first-order valence-electron chi connectivity index (χ1n) is 8.85. The number of hydrogen-bond donors (Lipinski definition) is 2. The first-order valence-corrected chi connectivity index (χ1v) is 8.85. The lowest BCUT2D eigenvalue weighted by molar-refractivity contribution is -0.143. The molecule has 0 unspecified atom stereocenters. The number of ether oxygens (including phenoxy) is 2. The van der Waals surface area contributed by atoms with E-state index in [1.807, 2.05) is 0 Å². The van der Waals surface area contributed by atoms with Crippen LogP contribution in [-0.2, 0) is 14.3 Å². The molecule has 3 rings (SSSR count). The van der Waals surface area contributed by atoms with Gasteiger partial charge in [-0.25, -0.2) is 9.59 Å².